The number of nitrogens with one attached hydrogen (secondary N) is 1. The Hall–Kier alpha value is -1.66. The van der Waals surface area contributed by atoms with Gasteiger partial charge in [-0.25, -0.2) is 9.18 Å². The molecule has 0 aliphatic carbocycles. The van der Waals surface area contributed by atoms with Gasteiger partial charge in [0.25, 0.3) is 0 Å². The maximum Gasteiger partial charge on any atom is 0.321 e. The number of urea groups is 1. The molecule has 2 amide bonds. The van der Waals surface area contributed by atoms with Gasteiger partial charge >= 0.3 is 6.03 Å². The van der Waals surface area contributed by atoms with Crippen LogP contribution in [0.3, 0.4) is 0 Å². The Bertz CT molecular complexity index is 472. The number of hydrogen-bond acceptors (Lipinski definition) is 3. The maximum atomic E-state index is 13.1. The van der Waals surface area contributed by atoms with E-state index < -0.39 is 0 Å². The van der Waals surface area contributed by atoms with E-state index in [0.717, 1.165) is 26.2 Å². The predicted molar refractivity (Wildman–Crippen MR) is 82.0 cm³/mol. The zero-order valence-corrected chi connectivity index (χ0v) is 12.7. The molecule has 0 unspecified atom stereocenters. The Morgan fingerprint density at radius 1 is 1.29 bits per heavy atom. The number of anilines is 1. The molecular formula is C15H23FN4O. The van der Waals surface area contributed by atoms with Crippen LogP contribution in [-0.2, 0) is 0 Å². The van der Waals surface area contributed by atoms with E-state index in [4.69, 9.17) is 0 Å². The molecule has 1 aliphatic heterocycles. The molecule has 0 atom stereocenters. The van der Waals surface area contributed by atoms with Crippen LogP contribution >= 0.6 is 0 Å². The number of carbonyl (C=O) groups is 1. The van der Waals surface area contributed by atoms with Crippen LogP contribution in [0.4, 0.5) is 14.9 Å². The Balaban J connectivity index is 1.78. The molecule has 2 rings (SSSR count). The van der Waals surface area contributed by atoms with Crippen molar-refractivity contribution in [2.75, 3.05) is 58.7 Å². The number of nitrogens with zero attached hydrogens (tertiary/aromatic N) is 3. The Morgan fingerprint density at radius 2 is 2.00 bits per heavy atom. The largest absolute Gasteiger partial charge is 0.322 e. The van der Waals surface area contributed by atoms with Gasteiger partial charge in [0, 0.05) is 45.0 Å². The monoisotopic (exact) mass is 294 g/mol. The highest BCUT2D eigenvalue weighted by Crippen LogP contribution is 2.11. The first-order chi connectivity index (χ1) is 10.0. The van der Waals surface area contributed by atoms with Gasteiger partial charge in [-0.2, -0.15) is 0 Å². The molecule has 1 aromatic carbocycles. The second-order valence-corrected chi connectivity index (χ2v) is 5.57. The molecule has 0 bridgehead atoms. The van der Waals surface area contributed by atoms with Crippen LogP contribution in [-0.4, -0.2) is 74.1 Å². The fourth-order valence-electron chi connectivity index (χ4n) is 2.28. The van der Waals surface area contributed by atoms with Crippen molar-refractivity contribution in [3.8, 4) is 0 Å². The summed E-state index contributed by atoms with van der Waals surface area (Å²) >= 11 is 0. The number of benzene rings is 1. The first-order valence-corrected chi connectivity index (χ1v) is 7.23. The number of likely N-dealkylation sites (N-methyl/N-ethyl adjacent to an activating group) is 1. The van der Waals surface area contributed by atoms with Crippen LogP contribution in [0, 0.1) is 5.82 Å². The lowest BCUT2D eigenvalue weighted by Crippen LogP contribution is -2.51. The summed E-state index contributed by atoms with van der Waals surface area (Å²) in [4.78, 5) is 18.4. The molecule has 0 spiro atoms. The lowest BCUT2D eigenvalue weighted by Gasteiger charge is -2.35. The molecule has 116 valence electrons. The quantitative estimate of drug-likeness (QED) is 0.915. The molecule has 1 aromatic rings. The van der Waals surface area contributed by atoms with Crippen molar-refractivity contribution in [3.63, 3.8) is 0 Å². The van der Waals surface area contributed by atoms with E-state index in [1.54, 1.807) is 17.0 Å². The SMILES string of the molecule is CN(C)CCN1CCN(C(=O)Nc2cccc(F)c2)CC1. The molecule has 0 radical (unpaired) electrons. The molecule has 1 heterocycles. The van der Waals surface area contributed by atoms with Gasteiger partial charge in [0.1, 0.15) is 5.82 Å². The van der Waals surface area contributed by atoms with Gasteiger partial charge in [0.15, 0.2) is 0 Å². The van der Waals surface area contributed by atoms with Gasteiger partial charge in [-0.1, -0.05) is 6.07 Å². The third-order valence-electron chi connectivity index (χ3n) is 3.60. The molecule has 0 saturated carbocycles. The third kappa shape index (κ3) is 4.99. The molecule has 1 saturated heterocycles. The zero-order chi connectivity index (χ0) is 15.2. The van der Waals surface area contributed by atoms with Gasteiger partial charge in [0.2, 0.25) is 0 Å². The third-order valence-corrected chi connectivity index (χ3v) is 3.60. The molecule has 1 fully saturated rings. The Kier molecular flexibility index (Phi) is 5.52. The summed E-state index contributed by atoms with van der Waals surface area (Å²) in [5, 5.41) is 2.74. The van der Waals surface area contributed by atoms with E-state index in [2.05, 4.69) is 29.2 Å². The lowest BCUT2D eigenvalue weighted by molar-refractivity contribution is 0.140. The molecular weight excluding hydrogens is 271 g/mol. The summed E-state index contributed by atoms with van der Waals surface area (Å²) in [6.07, 6.45) is 0. The zero-order valence-electron chi connectivity index (χ0n) is 12.7. The smallest absolute Gasteiger partial charge is 0.321 e. The molecule has 5 nitrogen and oxygen atoms in total. The Labute approximate surface area is 125 Å². The van der Waals surface area contributed by atoms with Gasteiger partial charge in [0.05, 0.1) is 0 Å². The first kappa shape index (κ1) is 15.7. The number of carbonyl (C=O) groups excluding carboxylic acids is 1. The molecule has 1 N–H and O–H groups in total. The van der Waals surface area contributed by atoms with Gasteiger partial charge in [-0.05, 0) is 32.3 Å². The normalized spacial score (nSPS) is 16.3. The van der Waals surface area contributed by atoms with E-state index in [-0.39, 0.29) is 11.8 Å². The van der Waals surface area contributed by atoms with Crippen LogP contribution in [0.2, 0.25) is 0 Å². The number of rotatable bonds is 4. The van der Waals surface area contributed by atoms with E-state index in [1.807, 2.05) is 0 Å². The summed E-state index contributed by atoms with van der Waals surface area (Å²) in [5.74, 6) is -0.346. The fraction of sp³-hybridized carbons (Fsp3) is 0.533. The lowest BCUT2D eigenvalue weighted by atomic mass is 10.3. The van der Waals surface area contributed by atoms with E-state index in [0.29, 0.717) is 18.8 Å². The second kappa shape index (κ2) is 7.38. The minimum Gasteiger partial charge on any atom is -0.322 e. The number of piperazine rings is 1. The average Bonchev–Trinajstić information content (AvgIpc) is 2.45. The fourth-order valence-corrected chi connectivity index (χ4v) is 2.28. The molecule has 0 aromatic heterocycles. The molecule has 21 heavy (non-hydrogen) atoms. The van der Waals surface area contributed by atoms with Crippen molar-refractivity contribution >= 4 is 11.7 Å². The number of hydrogen-bond donors (Lipinski definition) is 1. The highest BCUT2D eigenvalue weighted by atomic mass is 19.1. The van der Waals surface area contributed by atoms with E-state index in [9.17, 15) is 9.18 Å². The van der Waals surface area contributed by atoms with Crippen molar-refractivity contribution in [2.45, 2.75) is 0 Å². The Morgan fingerprint density at radius 3 is 2.62 bits per heavy atom. The van der Waals surface area contributed by atoms with Gasteiger partial charge in [-0.3, -0.25) is 4.90 Å². The van der Waals surface area contributed by atoms with Crippen LogP contribution in [0.1, 0.15) is 0 Å². The highest BCUT2D eigenvalue weighted by Gasteiger charge is 2.20. The summed E-state index contributed by atoms with van der Waals surface area (Å²) in [7, 11) is 4.12. The topological polar surface area (TPSA) is 38.8 Å². The standard InChI is InChI=1S/C15H23FN4O/c1-18(2)6-7-19-8-10-20(11-9-19)15(21)17-14-5-3-4-13(16)12-14/h3-5,12H,6-11H2,1-2H3,(H,17,21). The minimum atomic E-state index is -0.346. The van der Waals surface area contributed by atoms with Crippen molar-refractivity contribution in [1.29, 1.82) is 0 Å². The highest BCUT2D eigenvalue weighted by molar-refractivity contribution is 5.89. The van der Waals surface area contributed by atoms with Crippen molar-refractivity contribution in [3.05, 3.63) is 30.1 Å². The molecule has 1 aliphatic rings. The van der Waals surface area contributed by atoms with Crippen LogP contribution < -0.4 is 5.32 Å². The summed E-state index contributed by atoms with van der Waals surface area (Å²) in [6, 6.07) is 5.80. The summed E-state index contributed by atoms with van der Waals surface area (Å²) < 4.78 is 13.1. The molecule has 6 heteroatoms. The average molecular weight is 294 g/mol. The van der Waals surface area contributed by atoms with Crippen molar-refractivity contribution < 1.29 is 9.18 Å². The van der Waals surface area contributed by atoms with Crippen molar-refractivity contribution in [2.24, 2.45) is 0 Å². The number of halogens is 1. The minimum absolute atomic E-state index is 0.159. The maximum absolute atomic E-state index is 13.1. The first-order valence-electron chi connectivity index (χ1n) is 7.23. The van der Waals surface area contributed by atoms with Gasteiger partial charge in [-0.15, -0.1) is 0 Å². The second-order valence-electron chi connectivity index (χ2n) is 5.57. The summed E-state index contributed by atoms with van der Waals surface area (Å²) in [5.41, 5.74) is 0.495. The van der Waals surface area contributed by atoms with Crippen LogP contribution in [0.15, 0.2) is 24.3 Å². The van der Waals surface area contributed by atoms with Gasteiger partial charge < -0.3 is 15.1 Å². The van der Waals surface area contributed by atoms with E-state index in [1.165, 1.54) is 12.1 Å². The number of amides is 2. The van der Waals surface area contributed by atoms with E-state index >= 15 is 0 Å². The van der Waals surface area contributed by atoms with Crippen LogP contribution in [0.25, 0.3) is 0 Å². The predicted octanol–water partition coefficient (Wildman–Crippen LogP) is 1.54. The van der Waals surface area contributed by atoms with Crippen molar-refractivity contribution in [1.82, 2.24) is 14.7 Å². The summed E-state index contributed by atoms with van der Waals surface area (Å²) in [6.45, 7) is 5.21. The van der Waals surface area contributed by atoms with Crippen LogP contribution in [0.5, 0.6) is 0 Å².